The van der Waals surface area contributed by atoms with Crippen molar-refractivity contribution in [2.24, 2.45) is 0 Å². The van der Waals surface area contributed by atoms with Crippen molar-refractivity contribution < 1.29 is 14.3 Å². The summed E-state index contributed by atoms with van der Waals surface area (Å²) in [5.41, 5.74) is 0.191. The highest BCUT2D eigenvalue weighted by molar-refractivity contribution is 6.04. The van der Waals surface area contributed by atoms with Crippen LogP contribution in [0.25, 0.3) is 6.08 Å². The summed E-state index contributed by atoms with van der Waals surface area (Å²) in [5.74, 6) is -0.810. The summed E-state index contributed by atoms with van der Waals surface area (Å²) in [6.07, 6.45) is 3.79. The number of hydrogen-bond donors (Lipinski definition) is 2. The predicted molar refractivity (Wildman–Crippen MR) is 80.3 cm³/mol. The molecule has 0 fully saturated rings. The first kappa shape index (κ1) is 15.2. The fourth-order valence-corrected chi connectivity index (χ4v) is 1.63. The second-order valence-corrected chi connectivity index (χ2v) is 4.20. The van der Waals surface area contributed by atoms with E-state index >= 15 is 0 Å². The van der Waals surface area contributed by atoms with Crippen LogP contribution in [0.1, 0.15) is 15.9 Å². The molecule has 7 nitrogen and oxygen atoms in total. The topological polar surface area (TPSA) is 101 Å². The van der Waals surface area contributed by atoms with Crippen LogP contribution in [0.3, 0.4) is 0 Å². The van der Waals surface area contributed by atoms with Crippen molar-refractivity contribution in [3.8, 4) is 0 Å². The number of methoxy groups -OCH3 is 1. The number of nitrogens with zero attached hydrogens (tertiary/aromatic N) is 1. The number of esters is 1. The molecule has 0 aliphatic carbocycles. The Hall–Kier alpha value is -3.22. The first-order valence-electron chi connectivity index (χ1n) is 6.32. The average molecular weight is 299 g/mol. The monoisotopic (exact) mass is 299 g/mol. The van der Waals surface area contributed by atoms with Gasteiger partial charge in [-0.15, -0.1) is 0 Å². The Morgan fingerprint density at radius 2 is 2.00 bits per heavy atom. The number of rotatable bonds is 4. The molecule has 1 heterocycles. The summed E-state index contributed by atoms with van der Waals surface area (Å²) >= 11 is 0. The van der Waals surface area contributed by atoms with E-state index in [1.807, 2.05) is 0 Å². The molecular weight excluding hydrogens is 286 g/mol. The van der Waals surface area contributed by atoms with Crippen molar-refractivity contribution in [2.75, 3.05) is 12.4 Å². The van der Waals surface area contributed by atoms with Crippen LogP contribution in [0, 0.1) is 0 Å². The zero-order chi connectivity index (χ0) is 15.9. The quantitative estimate of drug-likeness (QED) is 0.652. The number of nitrogens with one attached hydrogen (secondary N) is 2. The van der Waals surface area contributed by atoms with Gasteiger partial charge in [-0.25, -0.2) is 14.6 Å². The lowest BCUT2D eigenvalue weighted by Gasteiger charge is -2.07. The van der Waals surface area contributed by atoms with Crippen molar-refractivity contribution in [2.45, 2.75) is 0 Å². The minimum Gasteiger partial charge on any atom is -0.466 e. The fourth-order valence-electron chi connectivity index (χ4n) is 1.63. The molecule has 0 bridgehead atoms. The van der Waals surface area contributed by atoms with Crippen molar-refractivity contribution in [3.05, 3.63) is 64.2 Å². The van der Waals surface area contributed by atoms with E-state index in [4.69, 9.17) is 0 Å². The van der Waals surface area contributed by atoms with E-state index in [9.17, 15) is 14.4 Å². The van der Waals surface area contributed by atoms with E-state index in [0.29, 0.717) is 11.1 Å². The lowest BCUT2D eigenvalue weighted by Crippen LogP contribution is -2.19. The maximum atomic E-state index is 12.1. The summed E-state index contributed by atoms with van der Waals surface area (Å²) in [4.78, 5) is 40.5. The third-order valence-corrected chi connectivity index (χ3v) is 2.72. The van der Waals surface area contributed by atoms with Gasteiger partial charge in [-0.2, -0.15) is 0 Å². The van der Waals surface area contributed by atoms with E-state index in [-0.39, 0.29) is 5.82 Å². The van der Waals surface area contributed by atoms with Crippen LogP contribution in [0.5, 0.6) is 0 Å². The molecule has 0 aliphatic rings. The van der Waals surface area contributed by atoms with Crippen molar-refractivity contribution in [1.29, 1.82) is 0 Å². The molecule has 0 saturated heterocycles. The number of aromatic amines is 1. The molecule has 1 amide bonds. The molecule has 112 valence electrons. The Bertz CT molecular complexity index is 766. The Morgan fingerprint density at radius 3 is 2.68 bits per heavy atom. The molecule has 1 aromatic carbocycles. The van der Waals surface area contributed by atoms with Gasteiger partial charge in [-0.05, 0) is 18.2 Å². The van der Waals surface area contributed by atoms with Crippen LogP contribution in [0.15, 0.2) is 47.4 Å². The minimum absolute atomic E-state index is 0.147. The smallest absolute Gasteiger partial charge is 0.346 e. The number of benzene rings is 1. The van der Waals surface area contributed by atoms with E-state index in [0.717, 1.165) is 6.08 Å². The third kappa shape index (κ3) is 3.89. The number of amides is 1. The molecule has 0 unspecified atom stereocenters. The number of aromatic nitrogens is 2. The molecule has 0 aliphatic heterocycles. The van der Waals surface area contributed by atoms with Gasteiger partial charge in [-0.1, -0.05) is 18.2 Å². The average Bonchev–Trinajstić information content (AvgIpc) is 2.54. The molecule has 2 rings (SSSR count). The molecule has 7 heteroatoms. The second kappa shape index (κ2) is 6.98. The summed E-state index contributed by atoms with van der Waals surface area (Å²) in [5, 5.41) is 2.57. The van der Waals surface area contributed by atoms with Gasteiger partial charge in [0.2, 0.25) is 0 Å². The summed E-state index contributed by atoms with van der Waals surface area (Å²) in [6.45, 7) is 0. The van der Waals surface area contributed by atoms with Gasteiger partial charge in [0.05, 0.1) is 7.11 Å². The van der Waals surface area contributed by atoms with Crippen LogP contribution in [0.4, 0.5) is 5.82 Å². The van der Waals surface area contributed by atoms with Gasteiger partial charge in [0.15, 0.2) is 0 Å². The zero-order valence-electron chi connectivity index (χ0n) is 11.7. The van der Waals surface area contributed by atoms with Crippen LogP contribution in [-0.2, 0) is 9.53 Å². The Labute approximate surface area is 125 Å². The first-order valence-corrected chi connectivity index (χ1v) is 6.32. The largest absolute Gasteiger partial charge is 0.466 e. The minimum atomic E-state index is -0.612. The Balaban J connectivity index is 2.28. The first-order chi connectivity index (χ1) is 10.6. The Morgan fingerprint density at radius 1 is 1.27 bits per heavy atom. The van der Waals surface area contributed by atoms with Gasteiger partial charge in [0.25, 0.3) is 5.91 Å². The number of ether oxygens (including phenoxy) is 1. The van der Waals surface area contributed by atoms with E-state index in [1.165, 1.54) is 19.4 Å². The number of hydrogen-bond acceptors (Lipinski definition) is 5. The van der Waals surface area contributed by atoms with Gasteiger partial charge >= 0.3 is 11.7 Å². The second-order valence-electron chi connectivity index (χ2n) is 4.20. The molecule has 2 N–H and O–H groups in total. The Kier molecular flexibility index (Phi) is 4.81. The van der Waals surface area contributed by atoms with Gasteiger partial charge < -0.3 is 10.1 Å². The SMILES string of the molecule is COC(=O)C=Cc1cnc(=O)[nH]c1NC(=O)c1ccccc1. The maximum absolute atomic E-state index is 12.1. The third-order valence-electron chi connectivity index (χ3n) is 2.72. The maximum Gasteiger partial charge on any atom is 0.346 e. The lowest BCUT2D eigenvalue weighted by atomic mass is 10.2. The van der Waals surface area contributed by atoms with Gasteiger partial charge in [0, 0.05) is 23.4 Å². The van der Waals surface area contributed by atoms with E-state index < -0.39 is 17.6 Å². The van der Waals surface area contributed by atoms with E-state index in [1.54, 1.807) is 30.3 Å². The van der Waals surface area contributed by atoms with Crippen LogP contribution in [-0.4, -0.2) is 29.0 Å². The molecule has 0 saturated carbocycles. The standard InChI is InChI=1S/C15H13N3O4/c1-22-12(19)8-7-11-9-16-15(21)18-13(11)17-14(20)10-5-3-2-4-6-10/h2-9H,1H3,(H2,16,17,18,20,21). The summed E-state index contributed by atoms with van der Waals surface area (Å²) < 4.78 is 4.48. The highest BCUT2D eigenvalue weighted by atomic mass is 16.5. The highest BCUT2D eigenvalue weighted by Gasteiger charge is 2.09. The molecule has 0 spiro atoms. The number of H-pyrrole nitrogens is 1. The molecule has 1 aromatic heterocycles. The molecule has 0 atom stereocenters. The number of carbonyl (C=O) groups is 2. The predicted octanol–water partition coefficient (Wildman–Crippen LogP) is 1.21. The van der Waals surface area contributed by atoms with Gasteiger partial charge in [-0.3, -0.25) is 9.78 Å². The summed E-state index contributed by atoms with van der Waals surface area (Å²) in [7, 11) is 1.25. The molecular formula is C15H13N3O4. The van der Waals surface area contributed by atoms with Crippen molar-refractivity contribution >= 4 is 23.8 Å². The van der Waals surface area contributed by atoms with Crippen LogP contribution >= 0.6 is 0 Å². The molecule has 22 heavy (non-hydrogen) atoms. The van der Waals surface area contributed by atoms with Gasteiger partial charge in [0.1, 0.15) is 5.82 Å². The summed E-state index contributed by atoms with van der Waals surface area (Å²) in [6, 6.07) is 8.51. The highest BCUT2D eigenvalue weighted by Crippen LogP contribution is 2.12. The van der Waals surface area contributed by atoms with Crippen molar-refractivity contribution in [1.82, 2.24) is 9.97 Å². The zero-order valence-corrected chi connectivity index (χ0v) is 11.7. The number of carbonyl (C=O) groups excluding carboxylic acids is 2. The molecule has 2 aromatic rings. The molecule has 0 radical (unpaired) electrons. The lowest BCUT2D eigenvalue weighted by molar-refractivity contribution is -0.134. The normalized spacial score (nSPS) is 10.4. The fraction of sp³-hybridized carbons (Fsp3) is 0.0667. The number of anilines is 1. The van der Waals surface area contributed by atoms with Crippen LogP contribution in [0.2, 0.25) is 0 Å². The van der Waals surface area contributed by atoms with Crippen molar-refractivity contribution in [3.63, 3.8) is 0 Å². The van der Waals surface area contributed by atoms with Crippen LogP contribution < -0.4 is 11.0 Å². The van der Waals surface area contributed by atoms with E-state index in [2.05, 4.69) is 20.0 Å².